The van der Waals surface area contributed by atoms with E-state index in [2.05, 4.69) is 26.3 Å². The molecule has 0 saturated heterocycles. The van der Waals surface area contributed by atoms with Crippen molar-refractivity contribution < 1.29 is 19.1 Å². The third-order valence-electron chi connectivity index (χ3n) is 2.97. The van der Waals surface area contributed by atoms with Crippen LogP contribution in [0.2, 0.25) is 0 Å². The van der Waals surface area contributed by atoms with Crippen molar-refractivity contribution in [3.8, 4) is 0 Å². The molecule has 0 aliphatic rings. The summed E-state index contributed by atoms with van der Waals surface area (Å²) in [6.07, 6.45) is 2.19. The van der Waals surface area contributed by atoms with Crippen molar-refractivity contribution in [3.63, 3.8) is 0 Å². The first-order valence-corrected chi connectivity index (χ1v) is 9.71. The van der Waals surface area contributed by atoms with Gasteiger partial charge in [0.25, 0.3) is 0 Å². The number of nitrogens with one attached hydrogen (secondary N) is 4. The van der Waals surface area contributed by atoms with Gasteiger partial charge in [-0.1, -0.05) is 18.2 Å². The van der Waals surface area contributed by atoms with Gasteiger partial charge in [0.15, 0.2) is 10.2 Å². The molecule has 0 aliphatic heterocycles. The zero-order chi connectivity index (χ0) is 22.2. The summed E-state index contributed by atoms with van der Waals surface area (Å²) in [6.45, 7) is 3.85. The predicted octanol–water partition coefficient (Wildman–Crippen LogP) is 3.65. The SMILES string of the molecule is CCOC(=O)NC(=S)Nc1ccccc1NC(=S)NC(=O)OCC.c1ccncc1. The molecule has 9 nitrogen and oxygen atoms in total. The number of hydrogen-bond donors (Lipinski definition) is 4. The number of benzene rings is 1. The van der Waals surface area contributed by atoms with E-state index in [1.165, 1.54) is 0 Å². The Morgan fingerprint density at radius 1 is 0.800 bits per heavy atom. The largest absolute Gasteiger partial charge is 0.450 e. The number of alkyl carbamates (subject to hydrolysis) is 2. The van der Waals surface area contributed by atoms with Crippen molar-refractivity contribution in [2.75, 3.05) is 23.8 Å². The van der Waals surface area contributed by atoms with E-state index in [1.54, 1.807) is 50.5 Å². The van der Waals surface area contributed by atoms with E-state index in [9.17, 15) is 9.59 Å². The molecule has 2 aromatic rings. The summed E-state index contributed by atoms with van der Waals surface area (Å²) in [5.41, 5.74) is 1.10. The van der Waals surface area contributed by atoms with Gasteiger partial charge in [-0.2, -0.15) is 0 Å². The Labute approximate surface area is 185 Å². The molecule has 0 radical (unpaired) electrons. The van der Waals surface area contributed by atoms with Crippen molar-refractivity contribution in [1.29, 1.82) is 0 Å². The molecule has 2 rings (SSSR count). The number of para-hydroxylation sites is 2. The fourth-order valence-corrected chi connectivity index (χ4v) is 2.23. The molecule has 0 saturated carbocycles. The van der Waals surface area contributed by atoms with Gasteiger partial charge < -0.3 is 20.1 Å². The number of rotatable bonds is 4. The van der Waals surface area contributed by atoms with Crippen LogP contribution in [0.4, 0.5) is 21.0 Å². The van der Waals surface area contributed by atoms with Crippen LogP contribution in [0.15, 0.2) is 54.9 Å². The molecule has 0 bridgehead atoms. The first-order valence-electron chi connectivity index (χ1n) is 8.89. The summed E-state index contributed by atoms with van der Waals surface area (Å²) in [4.78, 5) is 26.4. The summed E-state index contributed by atoms with van der Waals surface area (Å²) in [6, 6.07) is 12.7. The minimum Gasteiger partial charge on any atom is -0.450 e. The number of nitrogens with zero attached hydrogens (tertiary/aromatic N) is 1. The molecule has 4 N–H and O–H groups in total. The van der Waals surface area contributed by atoms with E-state index >= 15 is 0 Å². The van der Waals surface area contributed by atoms with Crippen molar-refractivity contribution in [2.45, 2.75) is 13.8 Å². The topological polar surface area (TPSA) is 114 Å². The van der Waals surface area contributed by atoms with E-state index in [-0.39, 0.29) is 23.4 Å². The van der Waals surface area contributed by atoms with E-state index in [1.807, 2.05) is 18.2 Å². The van der Waals surface area contributed by atoms with E-state index in [0.717, 1.165) is 0 Å². The summed E-state index contributed by atoms with van der Waals surface area (Å²) in [5.74, 6) is 0. The van der Waals surface area contributed by atoms with Crippen LogP contribution in [-0.2, 0) is 9.47 Å². The highest BCUT2D eigenvalue weighted by molar-refractivity contribution is 7.80. The van der Waals surface area contributed by atoms with E-state index in [0.29, 0.717) is 11.4 Å². The number of aromatic nitrogens is 1. The normalized spacial score (nSPS) is 9.13. The molecule has 0 unspecified atom stereocenters. The fourth-order valence-electron chi connectivity index (χ4n) is 1.84. The average Bonchev–Trinajstić information content (AvgIpc) is 2.71. The second kappa shape index (κ2) is 14.7. The third kappa shape index (κ3) is 10.9. The van der Waals surface area contributed by atoms with Gasteiger partial charge >= 0.3 is 12.2 Å². The number of carbonyl (C=O) groups excluding carboxylic acids is 2. The lowest BCUT2D eigenvalue weighted by Crippen LogP contribution is -2.36. The number of pyridine rings is 1. The lowest BCUT2D eigenvalue weighted by molar-refractivity contribution is 0.157. The molecule has 0 aliphatic carbocycles. The molecule has 11 heteroatoms. The fraction of sp³-hybridized carbons (Fsp3) is 0.211. The molecule has 0 spiro atoms. The highest BCUT2D eigenvalue weighted by Gasteiger charge is 2.10. The molecule has 30 heavy (non-hydrogen) atoms. The van der Waals surface area contributed by atoms with Gasteiger partial charge in [-0.05, 0) is 62.5 Å². The first-order chi connectivity index (χ1) is 14.5. The van der Waals surface area contributed by atoms with Gasteiger partial charge in [0, 0.05) is 12.4 Å². The maximum Gasteiger partial charge on any atom is 0.413 e. The number of amides is 2. The standard InChI is InChI=1S/C14H18N4O4S2.C5H5N/c1-3-21-13(19)17-11(23)15-9-7-5-6-8-10(9)16-12(24)18-14(20)22-4-2;1-2-4-6-5-3-1/h5-8H,3-4H2,1-2H3,(H2,15,17,19,23)(H2,16,18,20,24);1-5H. The number of thiocarbonyl (C=S) groups is 2. The van der Waals surface area contributed by atoms with Crippen LogP contribution in [0.25, 0.3) is 0 Å². The van der Waals surface area contributed by atoms with Crippen LogP contribution in [0.3, 0.4) is 0 Å². The van der Waals surface area contributed by atoms with E-state index in [4.69, 9.17) is 33.9 Å². The summed E-state index contributed by atoms with van der Waals surface area (Å²) >= 11 is 10.1. The van der Waals surface area contributed by atoms with Crippen LogP contribution in [-0.4, -0.2) is 40.6 Å². The lowest BCUT2D eigenvalue weighted by Gasteiger charge is -2.15. The quantitative estimate of drug-likeness (QED) is 0.519. The molecular formula is C19H23N5O4S2. The monoisotopic (exact) mass is 449 g/mol. The minimum atomic E-state index is -0.653. The predicted molar refractivity (Wildman–Crippen MR) is 123 cm³/mol. The van der Waals surface area contributed by atoms with E-state index < -0.39 is 12.2 Å². The molecule has 1 heterocycles. The van der Waals surface area contributed by atoms with Crippen molar-refractivity contribution in [2.24, 2.45) is 0 Å². The zero-order valence-electron chi connectivity index (χ0n) is 16.5. The first kappa shape index (κ1) is 24.7. The highest BCUT2D eigenvalue weighted by atomic mass is 32.1. The maximum absolute atomic E-state index is 11.3. The average molecular weight is 450 g/mol. The summed E-state index contributed by atoms with van der Waals surface area (Å²) in [7, 11) is 0. The Morgan fingerprint density at radius 3 is 1.53 bits per heavy atom. The number of anilines is 2. The Hall–Kier alpha value is -3.31. The van der Waals surface area contributed by atoms with Crippen molar-refractivity contribution >= 4 is 58.2 Å². The Kier molecular flexibility index (Phi) is 12.1. The van der Waals surface area contributed by atoms with Crippen molar-refractivity contribution in [3.05, 3.63) is 54.9 Å². The maximum atomic E-state index is 11.3. The van der Waals surface area contributed by atoms with Gasteiger partial charge in [-0.15, -0.1) is 0 Å². The molecule has 1 aromatic heterocycles. The molecule has 2 amide bonds. The second-order valence-corrected chi connectivity index (χ2v) is 5.99. The second-order valence-electron chi connectivity index (χ2n) is 5.17. The van der Waals surface area contributed by atoms with Crippen LogP contribution in [0, 0.1) is 0 Å². The summed E-state index contributed by atoms with van der Waals surface area (Å²) < 4.78 is 9.47. The molecule has 160 valence electrons. The molecule has 0 atom stereocenters. The Balaban J connectivity index is 0.000000637. The number of hydrogen-bond acceptors (Lipinski definition) is 7. The van der Waals surface area contributed by atoms with Gasteiger partial charge in [-0.3, -0.25) is 15.6 Å². The van der Waals surface area contributed by atoms with Crippen LogP contribution >= 0.6 is 24.4 Å². The van der Waals surface area contributed by atoms with Gasteiger partial charge in [-0.25, -0.2) is 9.59 Å². The summed E-state index contributed by atoms with van der Waals surface area (Å²) in [5, 5.41) is 10.5. The zero-order valence-corrected chi connectivity index (χ0v) is 18.1. The van der Waals surface area contributed by atoms with Gasteiger partial charge in [0.2, 0.25) is 0 Å². The molecule has 1 aromatic carbocycles. The van der Waals surface area contributed by atoms with Crippen LogP contribution in [0.1, 0.15) is 13.8 Å². The van der Waals surface area contributed by atoms with Crippen molar-refractivity contribution in [1.82, 2.24) is 15.6 Å². The van der Waals surface area contributed by atoms with Gasteiger partial charge in [0.1, 0.15) is 0 Å². The third-order valence-corrected chi connectivity index (χ3v) is 3.38. The highest BCUT2D eigenvalue weighted by Crippen LogP contribution is 2.20. The van der Waals surface area contributed by atoms with Crippen LogP contribution < -0.4 is 21.3 Å². The van der Waals surface area contributed by atoms with Crippen LogP contribution in [0.5, 0.6) is 0 Å². The number of carbonyl (C=O) groups is 2. The molecule has 0 fully saturated rings. The smallest absolute Gasteiger partial charge is 0.413 e. The molecular weight excluding hydrogens is 426 g/mol. The Morgan fingerprint density at radius 2 is 1.23 bits per heavy atom. The lowest BCUT2D eigenvalue weighted by atomic mass is 10.2. The number of ether oxygens (including phenoxy) is 2. The minimum absolute atomic E-state index is 0.0620. The van der Waals surface area contributed by atoms with Gasteiger partial charge in [0.05, 0.1) is 24.6 Å². The Bertz CT molecular complexity index is 757.